The molecule has 0 aromatic heterocycles. The zero-order chi connectivity index (χ0) is 21.8. The van der Waals surface area contributed by atoms with Crippen LogP contribution in [0.2, 0.25) is 0 Å². The molecule has 2 aliphatic heterocycles. The summed E-state index contributed by atoms with van der Waals surface area (Å²) in [7, 11) is 1.75. The zero-order valence-corrected chi connectivity index (χ0v) is 17.4. The van der Waals surface area contributed by atoms with Gasteiger partial charge in [0.05, 0.1) is 17.7 Å². The summed E-state index contributed by atoms with van der Waals surface area (Å²) in [6.07, 6.45) is 1.84. The Labute approximate surface area is 177 Å². The van der Waals surface area contributed by atoms with Crippen molar-refractivity contribution in [3.8, 4) is 0 Å². The molecule has 1 aromatic carbocycles. The lowest BCUT2D eigenvalue weighted by Crippen LogP contribution is -2.54. The highest BCUT2D eigenvalue weighted by molar-refractivity contribution is 7.99. The van der Waals surface area contributed by atoms with Crippen LogP contribution in [0.25, 0.3) is 0 Å². The summed E-state index contributed by atoms with van der Waals surface area (Å²) >= 11 is 1.46. The molecule has 0 spiro atoms. The third-order valence-corrected chi connectivity index (χ3v) is 6.17. The van der Waals surface area contributed by atoms with Gasteiger partial charge in [0.1, 0.15) is 6.04 Å². The smallest absolute Gasteiger partial charge is 0.317 e. The van der Waals surface area contributed by atoms with Gasteiger partial charge in [0.2, 0.25) is 11.8 Å². The van der Waals surface area contributed by atoms with E-state index in [9.17, 15) is 24.0 Å². The summed E-state index contributed by atoms with van der Waals surface area (Å²) in [6.45, 7) is 0.645. The second-order valence-electron chi connectivity index (χ2n) is 7.31. The van der Waals surface area contributed by atoms with E-state index in [-0.39, 0.29) is 24.9 Å². The topological polar surface area (TPSA) is 124 Å². The minimum atomic E-state index is -0.974. The number of nitrogens with zero attached hydrogens (tertiary/aromatic N) is 2. The molecule has 0 radical (unpaired) electrons. The minimum Gasteiger partial charge on any atom is -0.480 e. The number of aliphatic carboxylic acids is 1. The SMILES string of the molecule is CN(CCCCSc1cccc2c1C(=O)N(C1CCC(=O)NC1=O)C2=O)CC(=O)O. The molecule has 0 saturated carbocycles. The second-order valence-corrected chi connectivity index (χ2v) is 8.45. The number of carbonyl (C=O) groups excluding carboxylic acids is 4. The number of hydrogen-bond acceptors (Lipinski definition) is 7. The molecular weight excluding hydrogens is 410 g/mol. The number of likely N-dealkylation sites (N-methyl/N-ethyl adjacent to an activating group) is 1. The first-order chi connectivity index (χ1) is 14.3. The normalized spacial score (nSPS) is 18.7. The van der Waals surface area contributed by atoms with Crippen LogP contribution in [0.5, 0.6) is 0 Å². The van der Waals surface area contributed by atoms with Gasteiger partial charge in [-0.2, -0.15) is 0 Å². The van der Waals surface area contributed by atoms with Gasteiger partial charge in [-0.3, -0.25) is 39.1 Å². The summed E-state index contributed by atoms with van der Waals surface area (Å²) in [5.74, 6) is -2.21. The van der Waals surface area contributed by atoms with Gasteiger partial charge in [-0.25, -0.2) is 0 Å². The van der Waals surface area contributed by atoms with Crippen molar-refractivity contribution in [2.75, 3.05) is 25.9 Å². The van der Waals surface area contributed by atoms with Crippen LogP contribution in [0.15, 0.2) is 23.1 Å². The first-order valence-electron chi connectivity index (χ1n) is 9.67. The standard InChI is InChI=1S/C20H23N3O6S/c1-22(11-16(25)26)9-2-3-10-30-14-6-4-5-12-17(14)20(29)23(19(12)28)13-7-8-15(24)21-18(13)27/h4-6,13H,2-3,7-11H2,1H3,(H,25,26)(H,21,24,27). The van der Waals surface area contributed by atoms with Gasteiger partial charge in [0.15, 0.2) is 0 Å². The van der Waals surface area contributed by atoms with E-state index in [1.807, 2.05) is 0 Å². The van der Waals surface area contributed by atoms with Crippen LogP contribution >= 0.6 is 11.8 Å². The molecule has 1 fully saturated rings. The van der Waals surface area contributed by atoms with E-state index in [4.69, 9.17) is 5.11 Å². The number of thioether (sulfide) groups is 1. The van der Waals surface area contributed by atoms with Crippen molar-refractivity contribution < 1.29 is 29.1 Å². The molecule has 2 heterocycles. The Morgan fingerprint density at radius 2 is 2.00 bits per heavy atom. The van der Waals surface area contributed by atoms with E-state index in [1.54, 1.807) is 30.1 Å². The molecule has 2 N–H and O–H groups in total. The van der Waals surface area contributed by atoms with Crippen LogP contribution in [0, 0.1) is 0 Å². The summed E-state index contributed by atoms with van der Waals surface area (Å²) in [5, 5.41) is 11.0. The summed E-state index contributed by atoms with van der Waals surface area (Å²) < 4.78 is 0. The van der Waals surface area contributed by atoms with Crippen molar-refractivity contribution in [2.24, 2.45) is 0 Å². The lowest BCUT2D eigenvalue weighted by molar-refractivity contribution is -0.138. The molecule has 1 aromatic rings. The number of carboxylic acids is 1. The van der Waals surface area contributed by atoms with Crippen LogP contribution in [0.4, 0.5) is 0 Å². The van der Waals surface area contributed by atoms with Gasteiger partial charge in [-0.05, 0) is 50.7 Å². The summed E-state index contributed by atoms with van der Waals surface area (Å²) in [6, 6.07) is 4.09. The van der Waals surface area contributed by atoms with Crippen molar-refractivity contribution in [3.63, 3.8) is 0 Å². The highest BCUT2D eigenvalue weighted by atomic mass is 32.2. The fraction of sp³-hybridized carbons (Fsp3) is 0.450. The minimum absolute atomic E-state index is 0.00781. The number of fused-ring (bicyclic) bond motifs is 1. The molecule has 3 rings (SSSR count). The monoisotopic (exact) mass is 433 g/mol. The highest BCUT2D eigenvalue weighted by Gasteiger charge is 2.45. The molecule has 1 atom stereocenters. The number of hydrogen-bond donors (Lipinski definition) is 2. The quantitative estimate of drug-likeness (QED) is 0.335. The van der Waals surface area contributed by atoms with Gasteiger partial charge in [0.25, 0.3) is 11.8 Å². The number of carbonyl (C=O) groups is 5. The largest absolute Gasteiger partial charge is 0.480 e. The second kappa shape index (κ2) is 9.40. The molecule has 2 aliphatic rings. The third kappa shape index (κ3) is 4.71. The number of imide groups is 2. The van der Waals surface area contributed by atoms with Crippen LogP contribution in [-0.4, -0.2) is 76.4 Å². The van der Waals surface area contributed by atoms with E-state index in [0.29, 0.717) is 22.8 Å². The van der Waals surface area contributed by atoms with E-state index < -0.39 is 35.6 Å². The molecule has 30 heavy (non-hydrogen) atoms. The number of carboxylic acid groups (broad SMARTS) is 1. The maximum absolute atomic E-state index is 13.0. The number of amides is 4. The van der Waals surface area contributed by atoms with Crippen molar-refractivity contribution >= 4 is 41.4 Å². The van der Waals surface area contributed by atoms with E-state index in [1.165, 1.54) is 11.8 Å². The molecule has 160 valence electrons. The van der Waals surface area contributed by atoms with Crippen LogP contribution in [0.1, 0.15) is 46.4 Å². The maximum atomic E-state index is 13.0. The van der Waals surface area contributed by atoms with E-state index >= 15 is 0 Å². The maximum Gasteiger partial charge on any atom is 0.317 e. The van der Waals surface area contributed by atoms with E-state index in [2.05, 4.69) is 5.32 Å². The van der Waals surface area contributed by atoms with Crippen molar-refractivity contribution in [1.82, 2.24) is 15.1 Å². The van der Waals surface area contributed by atoms with Gasteiger partial charge in [-0.1, -0.05) is 6.07 Å². The Balaban J connectivity index is 1.63. The predicted octanol–water partition coefficient (Wildman–Crippen LogP) is 0.976. The average Bonchev–Trinajstić information content (AvgIpc) is 2.93. The Morgan fingerprint density at radius 3 is 2.70 bits per heavy atom. The van der Waals surface area contributed by atoms with Crippen molar-refractivity contribution in [3.05, 3.63) is 29.3 Å². The Hall–Kier alpha value is -2.72. The van der Waals surface area contributed by atoms with Gasteiger partial charge in [-0.15, -0.1) is 11.8 Å². The number of piperidine rings is 1. The molecule has 0 aliphatic carbocycles. The number of benzene rings is 1. The van der Waals surface area contributed by atoms with Gasteiger partial charge < -0.3 is 5.11 Å². The predicted molar refractivity (Wildman–Crippen MR) is 108 cm³/mol. The van der Waals surface area contributed by atoms with Crippen molar-refractivity contribution in [1.29, 1.82) is 0 Å². The van der Waals surface area contributed by atoms with E-state index in [0.717, 1.165) is 17.7 Å². The number of unbranched alkanes of at least 4 members (excludes halogenated alkanes) is 1. The van der Waals surface area contributed by atoms with Crippen LogP contribution in [0.3, 0.4) is 0 Å². The fourth-order valence-electron chi connectivity index (χ4n) is 3.58. The van der Waals surface area contributed by atoms with Gasteiger partial charge >= 0.3 is 5.97 Å². The first-order valence-corrected chi connectivity index (χ1v) is 10.7. The molecule has 4 amide bonds. The first kappa shape index (κ1) is 22.0. The Kier molecular flexibility index (Phi) is 6.88. The van der Waals surface area contributed by atoms with Crippen molar-refractivity contribution in [2.45, 2.75) is 36.6 Å². The summed E-state index contributed by atoms with van der Waals surface area (Å²) in [4.78, 5) is 63.4. The molecular formula is C20H23N3O6S. The lowest BCUT2D eigenvalue weighted by atomic mass is 10.0. The van der Waals surface area contributed by atoms with Crippen LogP contribution < -0.4 is 5.32 Å². The molecule has 10 heteroatoms. The third-order valence-electron chi connectivity index (χ3n) is 5.03. The average molecular weight is 433 g/mol. The molecule has 0 bridgehead atoms. The highest BCUT2D eigenvalue weighted by Crippen LogP contribution is 2.34. The van der Waals surface area contributed by atoms with Gasteiger partial charge in [0, 0.05) is 11.3 Å². The Morgan fingerprint density at radius 1 is 1.23 bits per heavy atom. The lowest BCUT2D eigenvalue weighted by Gasteiger charge is -2.27. The molecule has 9 nitrogen and oxygen atoms in total. The molecule has 1 unspecified atom stereocenters. The Bertz CT molecular complexity index is 903. The van der Waals surface area contributed by atoms with Crippen LogP contribution in [-0.2, 0) is 14.4 Å². The number of nitrogens with one attached hydrogen (secondary N) is 1. The zero-order valence-electron chi connectivity index (χ0n) is 16.6. The number of rotatable bonds is 9. The molecule has 1 saturated heterocycles. The fourth-order valence-corrected chi connectivity index (χ4v) is 4.66. The summed E-state index contributed by atoms with van der Waals surface area (Å²) in [5.41, 5.74) is 0.580.